The van der Waals surface area contributed by atoms with Gasteiger partial charge in [0.05, 0.1) is 41.5 Å². The van der Waals surface area contributed by atoms with Crippen molar-refractivity contribution >= 4 is 23.0 Å². The monoisotopic (exact) mass is 424 g/mol. The Morgan fingerprint density at radius 1 is 1.29 bits per heavy atom. The molecule has 2 N–H and O–H groups in total. The lowest BCUT2D eigenvalue weighted by atomic mass is 9.64. The number of rotatable bonds is 10. The first kappa shape index (κ1) is 21.4. The molecule has 2 saturated carbocycles. The standard InChI is InChI=1S/C24H32N4O3/c1-4-31-23-25-13-19(14-26-23)27-20-12-18(24(22(29)30)10-5-11-24)8-9-21(20)28(16(2)3)15-17-6-7-17/h8-9,12-14,16-17,27H,4-7,10-11,15H2,1-3H3,(H,29,30). The molecular weight excluding hydrogens is 392 g/mol. The molecule has 0 spiro atoms. The molecule has 0 saturated heterocycles. The number of aromatic nitrogens is 2. The van der Waals surface area contributed by atoms with Crippen LogP contribution in [0.5, 0.6) is 6.01 Å². The highest BCUT2D eigenvalue weighted by Gasteiger charge is 2.46. The van der Waals surface area contributed by atoms with Gasteiger partial charge in [0, 0.05) is 12.6 Å². The Hall–Kier alpha value is -2.83. The van der Waals surface area contributed by atoms with E-state index in [1.165, 1.54) is 12.8 Å². The maximum absolute atomic E-state index is 12.1. The van der Waals surface area contributed by atoms with E-state index in [1.54, 1.807) is 12.4 Å². The van der Waals surface area contributed by atoms with Crippen LogP contribution in [0, 0.1) is 5.92 Å². The summed E-state index contributed by atoms with van der Waals surface area (Å²) in [5, 5.41) is 13.4. The van der Waals surface area contributed by atoms with Crippen LogP contribution in [0.2, 0.25) is 0 Å². The van der Waals surface area contributed by atoms with Crippen molar-refractivity contribution in [1.82, 2.24) is 9.97 Å². The van der Waals surface area contributed by atoms with E-state index in [1.807, 2.05) is 19.1 Å². The molecule has 31 heavy (non-hydrogen) atoms. The number of nitrogens with zero attached hydrogens (tertiary/aromatic N) is 3. The summed E-state index contributed by atoms with van der Waals surface area (Å²) in [4.78, 5) is 23.0. The predicted octanol–water partition coefficient (Wildman–Crippen LogP) is 4.75. The van der Waals surface area contributed by atoms with Crippen LogP contribution in [-0.2, 0) is 10.2 Å². The van der Waals surface area contributed by atoms with Crippen molar-refractivity contribution in [2.24, 2.45) is 5.92 Å². The smallest absolute Gasteiger partial charge is 0.316 e. The van der Waals surface area contributed by atoms with Crippen LogP contribution in [0.15, 0.2) is 30.6 Å². The van der Waals surface area contributed by atoms with Gasteiger partial charge in [0.25, 0.3) is 0 Å². The molecule has 2 aliphatic rings. The van der Waals surface area contributed by atoms with Gasteiger partial charge >= 0.3 is 12.0 Å². The number of nitrogens with one attached hydrogen (secondary N) is 1. The summed E-state index contributed by atoms with van der Waals surface area (Å²) in [6.45, 7) is 7.82. The lowest BCUT2D eigenvalue weighted by Crippen LogP contribution is -2.42. The SMILES string of the molecule is CCOc1ncc(Nc2cc(C3(C(=O)O)CCC3)ccc2N(CC2CC2)C(C)C)cn1. The highest BCUT2D eigenvalue weighted by Crippen LogP contribution is 2.46. The number of carboxylic acids is 1. The molecule has 0 aliphatic heterocycles. The van der Waals surface area contributed by atoms with Crippen LogP contribution in [0.4, 0.5) is 17.1 Å². The van der Waals surface area contributed by atoms with Gasteiger partial charge in [-0.2, -0.15) is 0 Å². The molecule has 0 atom stereocenters. The molecule has 0 unspecified atom stereocenters. The van der Waals surface area contributed by atoms with Gasteiger partial charge in [-0.3, -0.25) is 4.79 Å². The van der Waals surface area contributed by atoms with Crippen LogP contribution in [0.25, 0.3) is 0 Å². The minimum absolute atomic E-state index is 0.334. The summed E-state index contributed by atoms with van der Waals surface area (Å²) < 4.78 is 5.34. The summed E-state index contributed by atoms with van der Waals surface area (Å²) in [7, 11) is 0. The summed E-state index contributed by atoms with van der Waals surface area (Å²) >= 11 is 0. The van der Waals surface area contributed by atoms with Crippen molar-refractivity contribution in [3.8, 4) is 6.01 Å². The van der Waals surface area contributed by atoms with Crippen molar-refractivity contribution in [2.75, 3.05) is 23.4 Å². The summed E-state index contributed by atoms with van der Waals surface area (Å²) in [6, 6.07) is 6.78. The Balaban J connectivity index is 1.70. The number of ether oxygens (including phenoxy) is 1. The quantitative estimate of drug-likeness (QED) is 0.569. The molecule has 1 aromatic heterocycles. The fourth-order valence-electron chi connectivity index (χ4n) is 4.25. The highest BCUT2D eigenvalue weighted by atomic mass is 16.5. The van der Waals surface area contributed by atoms with Gasteiger partial charge in [0.15, 0.2) is 0 Å². The van der Waals surface area contributed by atoms with E-state index in [0.717, 1.165) is 41.5 Å². The van der Waals surface area contributed by atoms with Gasteiger partial charge in [0.1, 0.15) is 0 Å². The number of anilines is 3. The van der Waals surface area contributed by atoms with E-state index >= 15 is 0 Å². The molecule has 4 rings (SSSR count). The van der Waals surface area contributed by atoms with E-state index in [0.29, 0.717) is 31.5 Å². The summed E-state index contributed by atoms with van der Waals surface area (Å²) in [5.74, 6) is 0.00118. The first-order chi connectivity index (χ1) is 14.9. The van der Waals surface area contributed by atoms with Crippen LogP contribution in [-0.4, -0.2) is 40.2 Å². The van der Waals surface area contributed by atoms with E-state index < -0.39 is 11.4 Å². The molecule has 0 amide bonds. The van der Waals surface area contributed by atoms with Crippen LogP contribution in [0.1, 0.15) is 58.4 Å². The minimum Gasteiger partial charge on any atom is -0.481 e. The van der Waals surface area contributed by atoms with Crippen LogP contribution < -0.4 is 15.0 Å². The van der Waals surface area contributed by atoms with Crippen molar-refractivity contribution in [3.63, 3.8) is 0 Å². The van der Waals surface area contributed by atoms with Gasteiger partial charge in [-0.15, -0.1) is 0 Å². The number of aliphatic carboxylic acids is 1. The topological polar surface area (TPSA) is 87.6 Å². The number of hydrogen-bond donors (Lipinski definition) is 2. The second-order valence-corrected chi connectivity index (χ2v) is 8.97. The average molecular weight is 425 g/mol. The number of benzene rings is 1. The second-order valence-electron chi connectivity index (χ2n) is 8.97. The number of carboxylic acid groups (broad SMARTS) is 1. The van der Waals surface area contributed by atoms with Gasteiger partial charge < -0.3 is 20.1 Å². The van der Waals surface area contributed by atoms with Crippen molar-refractivity contribution in [1.29, 1.82) is 0 Å². The van der Waals surface area contributed by atoms with E-state index in [9.17, 15) is 9.90 Å². The first-order valence-corrected chi connectivity index (χ1v) is 11.3. The third-order valence-corrected chi connectivity index (χ3v) is 6.43. The van der Waals surface area contributed by atoms with Crippen LogP contribution >= 0.6 is 0 Å². The van der Waals surface area contributed by atoms with E-state index in [-0.39, 0.29) is 0 Å². The van der Waals surface area contributed by atoms with Gasteiger partial charge in [-0.05, 0) is 70.1 Å². The fraction of sp³-hybridized carbons (Fsp3) is 0.542. The van der Waals surface area contributed by atoms with Crippen molar-refractivity contribution in [2.45, 2.75) is 64.3 Å². The van der Waals surface area contributed by atoms with Crippen molar-refractivity contribution in [3.05, 3.63) is 36.2 Å². The zero-order valence-corrected chi connectivity index (χ0v) is 18.6. The molecular formula is C24H32N4O3. The Morgan fingerprint density at radius 3 is 2.52 bits per heavy atom. The van der Waals surface area contributed by atoms with Gasteiger partial charge in [-0.1, -0.05) is 12.5 Å². The van der Waals surface area contributed by atoms with E-state index in [2.05, 4.69) is 40.1 Å². The Labute approximate surface area is 183 Å². The molecule has 2 aromatic rings. The molecule has 0 bridgehead atoms. The summed E-state index contributed by atoms with van der Waals surface area (Å²) in [5.41, 5.74) is 2.81. The number of carbonyl (C=O) groups is 1. The largest absolute Gasteiger partial charge is 0.481 e. The normalized spacial score (nSPS) is 17.2. The third kappa shape index (κ3) is 4.45. The molecule has 2 fully saturated rings. The second kappa shape index (κ2) is 8.73. The maximum atomic E-state index is 12.1. The maximum Gasteiger partial charge on any atom is 0.316 e. The van der Waals surface area contributed by atoms with Gasteiger partial charge in [0.2, 0.25) is 0 Å². The van der Waals surface area contributed by atoms with Crippen molar-refractivity contribution < 1.29 is 14.6 Å². The fourth-order valence-corrected chi connectivity index (χ4v) is 4.25. The van der Waals surface area contributed by atoms with E-state index in [4.69, 9.17) is 4.74 Å². The average Bonchev–Trinajstić information content (AvgIpc) is 3.51. The molecule has 166 valence electrons. The summed E-state index contributed by atoms with van der Waals surface area (Å²) in [6.07, 6.45) is 8.27. The Kier molecular flexibility index (Phi) is 6.03. The first-order valence-electron chi connectivity index (χ1n) is 11.3. The molecule has 7 nitrogen and oxygen atoms in total. The molecule has 7 heteroatoms. The molecule has 1 heterocycles. The Bertz CT molecular complexity index is 921. The molecule has 0 radical (unpaired) electrons. The predicted molar refractivity (Wildman–Crippen MR) is 121 cm³/mol. The number of hydrogen-bond acceptors (Lipinski definition) is 6. The lowest BCUT2D eigenvalue weighted by molar-refractivity contribution is -0.147. The minimum atomic E-state index is -0.774. The molecule has 1 aromatic carbocycles. The highest BCUT2D eigenvalue weighted by molar-refractivity contribution is 5.85. The zero-order chi connectivity index (χ0) is 22.0. The van der Waals surface area contributed by atoms with Crippen LogP contribution in [0.3, 0.4) is 0 Å². The Morgan fingerprint density at radius 2 is 2.00 bits per heavy atom. The molecule has 2 aliphatic carbocycles. The zero-order valence-electron chi connectivity index (χ0n) is 18.6. The van der Waals surface area contributed by atoms with Gasteiger partial charge in [-0.25, -0.2) is 9.97 Å². The lowest BCUT2D eigenvalue weighted by Gasteiger charge is -2.39. The third-order valence-electron chi connectivity index (χ3n) is 6.43.